The van der Waals surface area contributed by atoms with Crippen LogP contribution in [0.1, 0.15) is 20.7 Å². The van der Waals surface area contributed by atoms with E-state index in [-0.39, 0.29) is 23.9 Å². The molecule has 1 heterocycles. The third kappa shape index (κ3) is 2.46. The average molecular weight is 348 g/mol. The van der Waals surface area contributed by atoms with Crippen LogP contribution in [0.25, 0.3) is 10.8 Å². The number of ether oxygens (including phenoxy) is 1. The Hall–Kier alpha value is -3.74. The molecule has 4 rings (SSSR count). The summed E-state index contributed by atoms with van der Waals surface area (Å²) in [5.74, 6) is -0.885. The molecule has 7 nitrogen and oxygen atoms in total. The topological polar surface area (TPSA) is 89.8 Å². The van der Waals surface area contributed by atoms with Crippen LogP contribution in [0.3, 0.4) is 0 Å². The minimum atomic E-state index is -0.657. The molecule has 7 heteroatoms. The van der Waals surface area contributed by atoms with Crippen LogP contribution >= 0.6 is 0 Å². The van der Waals surface area contributed by atoms with Crippen LogP contribution in [-0.2, 0) is 4.74 Å². The fourth-order valence-corrected chi connectivity index (χ4v) is 3.03. The summed E-state index contributed by atoms with van der Waals surface area (Å²) in [7, 11) is 0. The molecule has 0 atom stereocenters. The second-order valence-electron chi connectivity index (χ2n) is 5.78. The van der Waals surface area contributed by atoms with E-state index in [1.807, 2.05) is 24.3 Å². The molecular weight excluding hydrogens is 336 g/mol. The Morgan fingerprint density at radius 3 is 2.42 bits per heavy atom. The molecule has 26 heavy (non-hydrogen) atoms. The molecule has 0 fully saturated rings. The number of rotatable bonds is 4. The lowest BCUT2D eigenvalue weighted by Crippen LogP contribution is -2.30. The second-order valence-corrected chi connectivity index (χ2v) is 5.78. The summed E-state index contributed by atoms with van der Waals surface area (Å²) in [6, 6.07) is 16.1. The van der Waals surface area contributed by atoms with Gasteiger partial charge in [-0.15, -0.1) is 0 Å². The van der Waals surface area contributed by atoms with Crippen molar-refractivity contribution in [2.24, 2.45) is 0 Å². The fourth-order valence-electron chi connectivity index (χ4n) is 3.03. The minimum Gasteiger partial charge on any atom is -0.440 e. The third-order valence-electron chi connectivity index (χ3n) is 4.29. The van der Waals surface area contributed by atoms with E-state index in [1.165, 1.54) is 29.2 Å². The first kappa shape index (κ1) is 15.8. The molecule has 0 bridgehead atoms. The molecule has 0 spiro atoms. The van der Waals surface area contributed by atoms with Crippen molar-refractivity contribution in [1.82, 2.24) is 0 Å². The fraction of sp³-hybridized carbons (Fsp3) is 0.0526. The van der Waals surface area contributed by atoms with Crippen molar-refractivity contribution in [3.63, 3.8) is 0 Å². The number of nitro groups is 1. The summed E-state index contributed by atoms with van der Waals surface area (Å²) in [6.45, 7) is -0.234. The SMILES string of the molecule is O=C(OCN1C(=O)c2cccc3cccc1c23)c1ccc([N+](=O)[O-])cc1. The predicted octanol–water partition coefficient (Wildman–Crippen LogP) is 3.52. The number of hydrogen-bond donors (Lipinski definition) is 0. The van der Waals surface area contributed by atoms with Crippen LogP contribution in [0.15, 0.2) is 60.7 Å². The van der Waals surface area contributed by atoms with Crippen LogP contribution in [0.5, 0.6) is 0 Å². The molecule has 1 aliphatic heterocycles. The van der Waals surface area contributed by atoms with Crippen molar-refractivity contribution in [1.29, 1.82) is 0 Å². The van der Waals surface area contributed by atoms with E-state index >= 15 is 0 Å². The summed E-state index contributed by atoms with van der Waals surface area (Å²) in [5, 5.41) is 12.4. The summed E-state index contributed by atoms with van der Waals surface area (Å²) in [4.78, 5) is 36.3. The van der Waals surface area contributed by atoms with Gasteiger partial charge in [0.1, 0.15) is 0 Å². The number of anilines is 1. The molecule has 0 unspecified atom stereocenters. The van der Waals surface area contributed by atoms with Crippen LogP contribution in [0.2, 0.25) is 0 Å². The lowest BCUT2D eigenvalue weighted by atomic mass is 10.1. The summed E-state index contributed by atoms with van der Waals surface area (Å²) in [6.07, 6.45) is 0. The standard InChI is InChI=1S/C19H12N2O5/c22-18-15-5-1-3-12-4-2-6-16(17(12)15)20(18)11-26-19(23)13-7-9-14(10-8-13)21(24)25/h1-10H,11H2. The first-order valence-electron chi connectivity index (χ1n) is 7.81. The highest BCUT2D eigenvalue weighted by Gasteiger charge is 2.30. The maximum atomic E-state index is 12.6. The number of nitrogens with zero attached hydrogens (tertiary/aromatic N) is 2. The van der Waals surface area contributed by atoms with Gasteiger partial charge in [-0.25, -0.2) is 4.79 Å². The number of non-ortho nitro benzene ring substituents is 1. The molecule has 128 valence electrons. The highest BCUT2D eigenvalue weighted by molar-refractivity contribution is 6.25. The van der Waals surface area contributed by atoms with Crippen molar-refractivity contribution >= 4 is 34.0 Å². The van der Waals surface area contributed by atoms with Gasteiger partial charge in [0.2, 0.25) is 0 Å². The number of esters is 1. The molecule has 0 saturated heterocycles. The van der Waals surface area contributed by atoms with Gasteiger partial charge in [0.15, 0.2) is 6.73 Å². The zero-order valence-electron chi connectivity index (χ0n) is 13.4. The Morgan fingerprint density at radius 1 is 1.04 bits per heavy atom. The first-order chi connectivity index (χ1) is 12.6. The molecule has 0 aliphatic carbocycles. The monoisotopic (exact) mass is 348 g/mol. The quantitative estimate of drug-likeness (QED) is 0.409. The zero-order chi connectivity index (χ0) is 18.3. The van der Waals surface area contributed by atoms with E-state index in [9.17, 15) is 19.7 Å². The highest BCUT2D eigenvalue weighted by atomic mass is 16.6. The van der Waals surface area contributed by atoms with Crippen molar-refractivity contribution in [2.45, 2.75) is 0 Å². The molecule has 0 N–H and O–H groups in total. The van der Waals surface area contributed by atoms with Gasteiger partial charge in [0.25, 0.3) is 11.6 Å². The lowest BCUT2D eigenvalue weighted by molar-refractivity contribution is -0.384. The lowest BCUT2D eigenvalue weighted by Gasteiger charge is -2.17. The van der Waals surface area contributed by atoms with Gasteiger partial charge in [0, 0.05) is 23.1 Å². The van der Waals surface area contributed by atoms with Gasteiger partial charge >= 0.3 is 5.97 Å². The number of hydrogen-bond acceptors (Lipinski definition) is 5. The first-order valence-corrected chi connectivity index (χ1v) is 7.81. The molecular formula is C19H12N2O5. The molecule has 3 aromatic rings. The normalized spacial score (nSPS) is 12.5. The number of nitro benzene ring substituents is 1. The van der Waals surface area contributed by atoms with Gasteiger partial charge < -0.3 is 4.74 Å². The van der Waals surface area contributed by atoms with Crippen molar-refractivity contribution in [3.05, 3.63) is 81.9 Å². The molecule has 3 aromatic carbocycles. The number of amides is 1. The third-order valence-corrected chi connectivity index (χ3v) is 4.29. The van der Waals surface area contributed by atoms with E-state index in [0.29, 0.717) is 11.3 Å². The number of carbonyl (C=O) groups is 2. The Morgan fingerprint density at radius 2 is 1.73 bits per heavy atom. The largest absolute Gasteiger partial charge is 0.440 e. The molecule has 0 aromatic heterocycles. The van der Waals surface area contributed by atoms with Crippen LogP contribution in [0, 0.1) is 10.1 Å². The van der Waals surface area contributed by atoms with Crippen molar-refractivity contribution in [2.75, 3.05) is 11.6 Å². The Kier molecular flexibility index (Phi) is 3.62. The Bertz CT molecular complexity index is 1050. The maximum absolute atomic E-state index is 12.6. The average Bonchev–Trinajstić information content (AvgIpc) is 2.94. The molecule has 1 aliphatic rings. The zero-order valence-corrected chi connectivity index (χ0v) is 13.4. The molecule has 0 radical (unpaired) electrons. The van der Waals surface area contributed by atoms with Crippen molar-refractivity contribution < 1.29 is 19.2 Å². The van der Waals surface area contributed by atoms with Crippen LogP contribution in [-0.4, -0.2) is 23.5 Å². The van der Waals surface area contributed by atoms with Gasteiger partial charge in [-0.05, 0) is 29.7 Å². The Labute approximate surface area is 147 Å². The van der Waals surface area contributed by atoms with Crippen molar-refractivity contribution in [3.8, 4) is 0 Å². The smallest absolute Gasteiger partial charge is 0.339 e. The van der Waals surface area contributed by atoms with E-state index < -0.39 is 10.9 Å². The highest BCUT2D eigenvalue weighted by Crippen LogP contribution is 2.36. The number of benzene rings is 3. The molecule has 1 amide bonds. The van der Waals surface area contributed by atoms with E-state index in [2.05, 4.69) is 0 Å². The second kappa shape index (κ2) is 5.96. The van der Waals surface area contributed by atoms with E-state index in [1.54, 1.807) is 12.1 Å². The maximum Gasteiger partial charge on any atom is 0.339 e. The van der Waals surface area contributed by atoms with Gasteiger partial charge in [-0.1, -0.05) is 24.3 Å². The molecule has 0 saturated carbocycles. The summed E-state index contributed by atoms with van der Waals surface area (Å²) < 4.78 is 5.24. The summed E-state index contributed by atoms with van der Waals surface area (Å²) >= 11 is 0. The van der Waals surface area contributed by atoms with E-state index in [4.69, 9.17) is 4.74 Å². The van der Waals surface area contributed by atoms with Crippen LogP contribution < -0.4 is 4.90 Å². The van der Waals surface area contributed by atoms with Gasteiger partial charge in [0.05, 0.1) is 16.2 Å². The minimum absolute atomic E-state index is 0.113. The predicted molar refractivity (Wildman–Crippen MR) is 94.1 cm³/mol. The van der Waals surface area contributed by atoms with Gasteiger partial charge in [-0.2, -0.15) is 0 Å². The van der Waals surface area contributed by atoms with Crippen LogP contribution in [0.4, 0.5) is 11.4 Å². The van der Waals surface area contributed by atoms with E-state index in [0.717, 1.165) is 10.8 Å². The Balaban J connectivity index is 1.54. The number of carbonyl (C=O) groups excluding carboxylic acids is 2. The summed E-state index contributed by atoms with van der Waals surface area (Å²) in [5.41, 5.74) is 1.33. The van der Waals surface area contributed by atoms with Gasteiger partial charge in [-0.3, -0.25) is 19.8 Å².